The van der Waals surface area contributed by atoms with Gasteiger partial charge in [-0.15, -0.1) is 0 Å². The van der Waals surface area contributed by atoms with Crippen molar-refractivity contribution in [3.8, 4) is 0 Å². The second-order valence-corrected chi connectivity index (χ2v) is 2.48. The molecule has 1 N–H and O–H groups in total. The van der Waals surface area contributed by atoms with Crippen LogP contribution in [0.25, 0.3) is 0 Å². The van der Waals surface area contributed by atoms with E-state index >= 15 is 0 Å². The molecule has 1 saturated heterocycles. The van der Waals surface area contributed by atoms with E-state index in [0.29, 0.717) is 6.42 Å². The number of nitrogens with zero attached hydrogens (tertiary/aromatic N) is 1. The second kappa shape index (κ2) is 12.4. The Hall–Kier alpha value is -0.570. The van der Waals surface area contributed by atoms with Crippen molar-refractivity contribution in [1.82, 2.24) is 10.2 Å². The van der Waals surface area contributed by atoms with Crippen LogP contribution in [0.4, 0.5) is 0 Å². The quantitative estimate of drug-likeness (QED) is 0.704. The van der Waals surface area contributed by atoms with Crippen LogP contribution in [0.3, 0.4) is 0 Å². The summed E-state index contributed by atoms with van der Waals surface area (Å²) in [6.45, 7) is 13.6. The summed E-state index contributed by atoms with van der Waals surface area (Å²) in [5, 5.41) is 3.20. The van der Waals surface area contributed by atoms with Crippen LogP contribution in [0.15, 0.2) is 0 Å². The Bertz CT molecular complexity index is 120. The maximum atomic E-state index is 11.1. The predicted molar refractivity (Wildman–Crippen MR) is 62.4 cm³/mol. The summed E-state index contributed by atoms with van der Waals surface area (Å²) < 4.78 is 0. The lowest BCUT2D eigenvalue weighted by Crippen LogP contribution is -2.46. The van der Waals surface area contributed by atoms with Gasteiger partial charge >= 0.3 is 0 Å². The highest BCUT2D eigenvalue weighted by molar-refractivity contribution is 5.75. The molecule has 14 heavy (non-hydrogen) atoms. The van der Waals surface area contributed by atoms with E-state index in [0.717, 1.165) is 26.2 Å². The fourth-order valence-electron chi connectivity index (χ4n) is 1.14. The molecule has 1 aliphatic heterocycles. The number of hydrogen-bond donors (Lipinski definition) is 1. The third-order valence-electron chi connectivity index (χ3n) is 1.77. The van der Waals surface area contributed by atoms with Crippen molar-refractivity contribution in [2.45, 2.75) is 41.0 Å². The number of amides is 1. The van der Waals surface area contributed by atoms with E-state index in [1.54, 1.807) is 0 Å². The Morgan fingerprint density at radius 1 is 1.14 bits per heavy atom. The van der Waals surface area contributed by atoms with Crippen molar-refractivity contribution in [3.63, 3.8) is 0 Å². The van der Waals surface area contributed by atoms with Crippen LogP contribution in [0.1, 0.15) is 41.0 Å². The van der Waals surface area contributed by atoms with E-state index in [-0.39, 0.29) is 5.91 Å². The summed E-state index contributed by atoms with van der Waals surface area (Å²) in [4.78, 5) is 13.0. The third kappa shape index (κ3) is 6.89. The largest absolute Gasteiger partial charge is 0.340 e. The van der Waals surface area contributed by atoms with Gasteiger partial charge in [-0.2, -0.15) is 0 Å². The first kappa shape index (κ1) is 15.9. The van der Waals surface area contributed by atoms with Gasteiger partial charge in [0.05, 0.1) is 0 Å². The molecular formula is C11H26N2O. The molecule has 86 valence electrons. The maximum Gasteiger partial charge on any atom is 0.222 e. The van der Waals surface area contributed by atoms with E-state index in [4.69, 9.17) is 0 Å². The van der Waals surface area contributed by atoms with Gasteiger partial charge in [-0.05, 0) is 0 Å². The molecule has 0 bridgehead atoms. The van der Waals surface area contributed by atoms with Crippen LogP contribution in [-0.4, -0.2) is 37.0 Å². The van der Waals surface area contributed by atoms with Crippen molar-refractivity contribution in [2.75, 3.05) is 26.2 Å². The first-order chi connectivity index (χ1) is 6.84. The fourth-order valence-corrected chi connectivity index (χ4v) is 1.14. The summed E-state index contributed by atoms with van der Waals surface area (Å²) in [6.07, 6.45) is 0.639. The average Bonchev–Trinajstić information content (AvgIpc) is 2.34. The highest BCUT2D eigenvalue weighted by Crippen LogP contribution is 1.95. The molecule has 1 aliphatic rings. The Kier molecular flexibility index (Phi) is 14.1. The zero-order valence-corrected chi connectivity index (χ0v) is 10.4. The normalized spacial score (nSPS) is 14.5. The van der Waals surface area contributed by atoms with Crippen molar-refractivity contribution in [1.29, 1.82) is 0 Å². The number of nitrogens with one attached hydrogen (secondary N) is 1. The highest BCUT2D eigenvalue weighted by Gasteiger charge is 2.12. The van der Waals surface area contributed by atoms with Crippen molar-refractivity contribution in [2.24, 2.45) is 0 Å². The van der Waals surface area contributed by atoms with E-state index < -0.39 is 0 Å². The lowest BCUT2D eigenvalue weighted by Gasteiger charge is -2.26. The Morgan fingerprint density at radius 3 is 1.93 bits per heavy atom. The lowest BCUT2D eigenvalue weighted by molar-refractivity contribution is -0.131. The molecule has 0 aliphatic carbocycles. The van der Waals surface area contributed by atoms with E-state index in [2.05, 4.69) is 5.32 Å². The fraction of sp³-hybridized carbons (Fsp3) is 0.909. The molecule has 0 atom stereocenters. The van der Waals surface area contributed by atoms with Crippen LogP contribution in [0, 0.1) is 0 Å². The van der Waals surface area contributed by atoms with Gasteiger partial charge in [-0.25, -0.2) is 0 Å². The topological polar surface area (TPSA) is 32.3 Å². The number of rotatable bonds is 1. The van der Waals surface area contributed by atoms with Gasteiger partial charge < -0.3 is 10.2 Å². The Balaban J connectivity index is 0. The van der Waals surface area contributed by atoms with Crippen molar-refractivity contribution < 1.29 is 4.79 Å². The first-order valence-electron chi connectivity index (χ1n) is 5.83. The average molecular weight is 202 g/mol. The van der Waals surface area contributed by atoms with Crippen molar-refractivity contribution in [3.05, 3.63) is 0 Å². The van der Waals surface area contributed by atoms with E-state index in [9.17, 15) is 4.79 Å². The molecule has 1 amide bonds. The lowest BCUT2D eigenvalue weighted by atomic mass is 10.3. The van der Waals surface area contributed by atoms with Crippen LogP contribution >= 0.6 is 0 Å². The van der Waals surface area contributed by atoms with Gasteiger partial charge in [0, 0.05) is 32.6 Å². The van der Waals surface area contributed by atoms with E-state index in [1.165, 1.54) is 0 Å². The molecule has 0 aromatic rings. The molecular weight excluding hydrogens is 176 g/mol. The zero-order valence-electron chi connectivity index (χ0n) is 10.4. The zero-order chi connectivity index (χ0) is 11.4. The molecule has 0 saturated carbocycles. The summed E-state index contributed by atoms with van der Waals surface area (Å²) >= 11 is 0. The maximum absolute atomic E-state index is 11.1. The minimum Gasteiger partial charge on any atom is -0.340 e. The van der Waals surface area contributed by atoms with Gasteiger partial charge in [0.1, 0.15) is 0 Å². The SMILES string of the molecule is CC.CC.CCC(=O)N1CCNCC1. The summed E-state index contributed by atoms with van der Waals surface area (Å²) in [6, 6.07) is 0. The van der Waals surface area contributed by atoms with Gasteiger partial charge in [-0.3, -0.25) is 4.79 Å². The first-order valence-corrected chi connectivity index (χ1v) is 5.83. The Morgan fingerprint density at radius 2 is 1.57 bits per heavy atom. The smallest absolute Gasteiger partial charge is 0.222 e. The molecule has 3 heteroatoms. The Labute approximate surface area is 88.9 Å². The molecule has 0 aromatic heterocycles. The number of carbonyl (C=O) groups is 1. The number of hydrogen-bond acceptors (Lipinski definition) is 2. The van der Waals surface area contributed by atoms with Crippen LogP contribution < -0.4 is 5.32 Å². The molecule has 0 unspecified atom stereocenters. The third-order valence-corrected chi connectivity index (χ3v) is 1.77. The minimum atomic E-state index is 0.279. The van der Waals surface area contributed by atoms with Gasteiger partial charge in [0.2, 0.25) is 5.91 Å². The number of piperazine rings is 1. The molecule has 0 aromatic carbocycles. The van der Waals surface area contributed by atoms with Gasteiger partial charge in [0.15, 0.2) is 0 Å². The van der Waals surface area contributed by atoms with Crippen LogP contribution in [0.5, 0.6) is 0 Å². The standard InChI is InChI=1S/C7H14N2O.2C2H6/c1-2-7(10)9-5-3-8-4-6-9;2*1-2/h8H,2-6H2,1H3;2*1-2H3. The van der Waals surface area contributed by atoms with Gasteiger partial charge in [0.25, 0.3) is 0 Å². The summed E-state index contributed by atoms with van der Waals surface area (Å²) in [7, 11) is 0. The number of carbonyl (C=O) groups excluding carboxylic acids is 1. The molecule has 1 rings (SSSR count). The molecule has 3 nitrogen and oxygen atoms in total. The molecule has 0 radical (unpaired) electrons. The second-order valence-electron chi connectivity index (χ2n) is 2.48. The minimum absolute atomic E-state index is 0.279. The molecule has 1 fully saturated rings. The molecule has 1 heterocycles. The van der Waals surface area contributed by atoms with Gasteiger partial charge in [-0.1, -0.05) is 34.6 Å². The molecule has 0 spiro atoms. The van der Waals surface area contributed by atoms with Crippen LogP contribution in [0.2, 0.25) is 0 Å². The van der Waals surface area contributed by atoms with E-state index in [1.807, 2.05) is 39.5 Å². The van der Waals surface area contributed by atoms with Crippen molar-refractivity contribution >= 4 is 5.91 Å². The highest BCUT2D eigenvalue weighted by atomic mass is 16.2. The predicted octanol–water partition coefficient (Wildman–Crippen LogP) is 1.88. The summed E-state index contributed by atoms with van der Waals surface area (Å²) in [5.41, 5.74) is 0. The summed E-state index contributed by atoms with van der Waals surface area (Å²) in [5.74, 6) is 0.279. The van der Waals surface area contributed by atoms with Crippen LogP contribution in [-0.2, 0) is 4.79 Å². The monoisotopic (exact) mass is 202 g/mol.